The Morgan fingerprint density at radius 1 is 1.16 bits per heavy atom. The maximum atomic E-state index is 13.2. The first-order valence-electron chi connectivity index (χ1n) is 9.44. The molecule has 1 aliphatic heterocycles. The monoisotopic (exact) mass is 453 g/mol. The number of nitrogens with zero attached hydrogens (tertiary/aromatic N) is 1. The molecule has 3 heterocycles. The van der Waals surface area contributed by atoms with E-state index in [9.17, 15) is 19.7 Å². The molecule has 0 saturated carbocycles. The van der Waals surface area contributed by atoms with Gasteiger partial charge in [-0.1, -0.05) is 0 Å². The van der Waals surface area contributed by atoms with E-state index in [0.717, 1.165) is 26.7 Å². The molecule has 0 aliphatic carbocycles. The van der Waals surface area contributed by atoms with Gasteiger partial charge in [-0.3, -0.25) is 19.7 Å². The molecule has 1 aromatic carbocycles. The number of fused-ring (bicyclic) bond motifs is 1. The quantitative estimate of drug-likeness (QED) is 0.309. The average Bonchev–Trinajstić information content (AvgIpc) is 3.29. The molecule has 158 valence electrons. The van der Waals surface area contributed by atoms with Crippen LogP contribution in [0.15, 0.2) is 47.0 Å². The maximum absolute atomic E-state index is 13.2. The van der Waals surface area contributed by atoms with E-state index in [1.165, 1.54) is 42.5 Å². The number of benzene rings is 1. The van der Waals surface area contributed by atoms with Gasteiger partial charge in [-0.25, -0.2) is 0 Å². The molecule has 7 nitrogen and oxygen atoms in total. The normalized spacial score (nSPS) is 15.4. The zero-order valence-electron chi connectivity index (χ0n) is 17.0. The van der Waals surface area contributed by atoms with Crippen molar-refractivity contribution in [3.05, 3.63) is 83.5 Å². The predicted octanol–water partition coefficient (Wildman–Crippen LogP) is 5.26. The second-order valence-electron chi connectivity index (χ2n) is 7.34. The number of Topliss-reactive ketones (excluding diaryl/α,β-unsaturated/α-hetero) is 1. The highest BCUT2D eigenvalue weighted by Gasteiger charge is 2.37. The largest absolute Gasteiger partial charge is 0.397 e. The standard InChI is InChI=1S/C22H19N3O4S2/c1-10-8-9-30-20(10)16-15(12(3)26)11(2)24-22-17(16)18(23)21(31-22)19(27)13-4-6-14(7-5-13)25(28)29/h4-9,16,24H,23H2,1-3H3/t16-/m1/s1. The third-order valence-corrected chi connectivity index (χ3v) is 7.57. The van der Waals surface area contributed by atoms with Crippen molar-refractivity contribution >= 4 is 50.6 Å². The van der Waals surface area contributed by atoms with Gasteiger partial charge in [0, 0.05) is 39.4 Å². The van der Waals surface area contributed by atoms with Gasteiger partial charge in [-0.05, 0) is 49.9 Å². The zero-order valence-corrected chi connectivity index (χ0v) is 18.6. The van der Waals surface area contributed by atoms with E-state index in [-0.39, 0.29) is 23.2 Å². The Balaban J connectivity index is 1.84. The Hall–Kier alpha value is -3.30. The SMILES string of the molecule is CC(=O)C1=C(C)Nc2sc(C(=O)c3ccc([N+](=O)[O-])cc3)c(N)c2[C@@H]1c1sccc1C. The van der Waals surface area contributed by atoms with Crippen LogP contribution >= 0.6 is 22.7 Å². The molecular formula is C22H19N3O4S2. The summed E-state index contributed by atoms with van der Waals surface area (Å²) in [5.41, 5.74) is 10.2. The summed E-state index contributed by atoms with van der Waals surface area (Å²) in [5.74, 6) is -0.706. The van der Waals surface area contributed by atoms with Crippen LogP contribution in [-0.4, -0.2) is 16.5 Å². The second kappa shape index (κ2) is 7.75. The number of allylic oxidation sites excluding steroid dienone is 2. The highest BCUT2D eigenvalue weighted by Crippen LogP contribution is 2.52. The molecule has 0 unspecified atom stereocenters. The molecule has 4 rings (SSSR count). The lowest BCUT2D eigenvalue weighted by Crippen LogP contribution is -2.21. The van der Waals surface area contributed by atoms with E-state index in [4.69, 9.17) is 5.73 Å². The molecule has 31 heavy (non-hydrogen) atoms. The van der Waals surface area contributed by atoms with E-state index in [0.29, 0.717) is 21.7 Å². The van der Waals surface area contributed by atoms with Gasteiger partial charge in [0.1, 0.15) is 4.88 Å². The van der Waals surface area contributed by atoms with Crippen LogP contribution in [0, 0.1) is 17.0 Å². The van der Waals surface area contributed by atoms with Gasteiger partial charge in [0.25, 0.3) is 5.69 Å². The smallest absolute Gasteiger partial charge is 0.269 e. The first-order valence-corrected chi connectivity index (χ1v) is 11.1. The number of anilines is 2. The number of hydrogen-bond donors (Lipinski definition) is 2. The number of non-ortho nitro benzene ring substituents is 1. The summed E-state index contributed by atoms with van der Waals surface area (Å²) in [6.07, 6.45) is 0. The first-order chi connectivity index (χ1) is 14.7. The fourth-order valence-electron chi connectivity index (χ4n) is 3.88. The second-order valence-corrected chi connectivity index (χ2v) is 9.31. The summed E-state index contributed by atoms with van der Waals surface area (Å²) in [6.45, 7) is 5.38. The highest BCUT2D eigenvalue weighted by molar-refractivity contribution is 7.19. The number of nitrogens with two attached hydrogens (primary N) is 1. The minimum absolute atomic E-state index is 0.0534. The van der Waals surface area contributed by atoms with Crippen LogP contribution < -0.4 is 11.1 Å². The molecule has 0 fully saturated rings. The lowest BCUT2D eigenvalue weighted by atomic mass is 9.83. The van der Waals surface area contributed by atoms with Crippen LogP contribution in [0.25, 0.3) is 0 Å². The fourth-order valence-corrected chi connectivity index (χ4v) is 6.10. The highest BCUT2D eigenvalue weighted by atomic mass is 32.1. The van der Waals surface area contributed by atoms with Gasteiger partial charge in [-0.2, -0.15) is 0 Å². The number of hydrogen-bond acceptors (Lipinski definition) is 8. The number of nitro groups is 1. The zero-order chi connectivity index (χ0) is 22.4. The lowest BCUT2D eigenvalue weighted by Gasteiger charge is -2.28. The molecule has 9 heteroatoms. The van der Waals surface area contributed by atoms with Gasteiger partial charge in [0.15, 0.2) is 5.78 Å². The van der Waals surface area contributed by atoms with Gasteiger partial charge >= 0.3 is 0 Å². The molecule has 0 bridgehead atoms. The van der Waals surface area contributed by atoms with Crippen LogP contribution in [0.2, 0.25) is 0 Å². The molecule has 3 aromatic rings. The molecule has 2 aromatic heterocycles. The lowest BCUT2D eigenvalue weighted by molar-refractivity contribution is -0.384. The molecule has 0 spiro atoms. The predicted molar refractivity (Wildman–Crippen MR) is 123 cm³/mol. The number of thiophene rings is 2. The van der Waals surface area contributed by atoms with Crippen molar-refractivity contribution in [3.63, 3.8) is 0 Å². The molecule has 0 saturated heterocycles. The summed E-state index contributed by atoms with van der Waals surface area (Å²) in [6, 6.07) is 7.45. The Morgan fingerprint density at radius 2 is 1.84 bits per heavy atom. The van der Waals surface area contributed by atoms with Crippen LogP contribution in [0.3, 0.4) is 0 Å². The topological polar surface area (TPSA) is 115 Å². The van der Waals surface area contributed by atoms with E-state index in [1.54, 1.807) is 11.3 Å². The first kappa shape index (κ1) is 21.0. The van der Waals surface area contributed by atoms with Crippen molar-refractivity contribution in [1.29, 1.82) is 0 Å². The Bertz CT molecular complexity index is 1270. The van der Waals surface area contributed by atoms with Gasteiger partial charge < -0.3 is 11.1 Å². The molecular weight excluding hydrogens is 434 g/mol. The van der Waals surface area contributed by atoms with Crippen LogP contribution in [0.1, 0.15) is 51.0 Å². The van der Waals surface area contributed by atoms with Crippen LogP contribution in [-0.2, 0) is 4.79 Å². The summed E-state index contributed by atoms with van der Waals surface area (Å²) >= 11 is 2.80. The Labute approximate surface area is 186 Å². The van der Waals surface area contributed by atoms with Crippen molar-refractivity contribution in [2.45, 2.75) is 26.7 Å². The van der Waals surface area contributed by atoms with E-state index in [2.05, 4.69) is 5.32 Å². The summed E-state index contributed by atoms with van der Waals surface area (Å²) in [7, 11) is 0. The molecule has 1 aliphatic rings. The Morgan fingerprint density at radius 3 is 2.39 bits per heavy atom. The molecule has 0 radical (unpaired) electrons. The molecule has 3 N–H and O–H groups in total. The van der Waals surface area contributed by atoms with Crippen molar-refractivity contribution in [1.82, 2.24) is 0 Å². The Kier molecular flexibility index (Phi) is 5.24. The number of carbonyl (C=O) groups is 2. The van der Waals surface area contributed by atoms with Crippen molar-refractivity contribution in [2.75, 3.05) is 11.1 Å². The number of nitrogen functional groups attached to an aromatic ring is 1. The van der Waals surface area contributed by atoms with Crippen LogP contribution in [0.4, 0.5) is 16.4 Å². The van der Waals surface area contributed by atoms with E-state index < -0.39 is 4.92 Å². The minimum Gasteiger partial charge on any atom is -0.397 e. The van der Waals surface area contributed by atoms with Gasteiger partial charge in [0.2, 0.25) is 5.78 Å². The number of rotatable bonds is 5. The fraction of sp³-hybridized carbons (Fsp3) is 0.182. The van der Waals surface area contributed by atoms with Crippen LogP contribution in [0.5, 0.6) is 0 Å². The number of aryl methyl sites for hydroxylation is 1. The molecule has 0 amide bonds. The summed E-state index contributed by atoms with van der Waals surface area (Å²) in [4.78, 5) is 37.5. The number of nitro benzene ring substituents is 1. The van der Waals surface area contributed by atoms with E-state index >= 15 is 0 Å². The number of carbonyl (C=O) groups excluding carboxylic acids is 2. The van der Waals surface area contributed by atoms with E-state index in [1.807, 2.05) is 25.3 Å². The minimum atomic E-state index is -0.512. The number of nitrogens with one attached hydrogen (secondary N) is 1. The van der Waals surface area contributed by atoms with Crippen molar-refractivity contribution < 1.29 is 14.5 Å². The summed E-state index contributed by atoms with van der Waals surface area (Å²) in [5, 5.41) is 16.9. The third kappa shape index (κ3) is 3.45. The average molecular weight is 454 g/mol. The summed E-state index contributed by atoms with van der Waals surface area (Å²) < 4.78 is 0. The van der Waals surface area contributed by atoms with Gasteiger partial charge in [-0.15, -0.1) is 22.7 Å². The van der Waals surface area contributed by atoms with Gasteiger partial charge in [0.05, 0.1) is 21.5 Å². The molecule has 1 atom stereocenters. The van der Waals surface area contributed by atoms with Crippen molar-refractivity contribution in [3.8, 4) is 0 Å². The number of ketones is 2. The van der Waals surface area contributed by atoms with Crippen molar-refractivity contribution in [2.24, 2.45) is 0 Å². The third-order valence-electron chi connectivity index (χ3n) is 5.36. The maximum Gasteiger partial charge on any atom is 0.269 e.